The molecule has 0 aromatic heterocycles. The standard InChI is InChI=1S/C20H21BrFN3O4/c1-11(2)17(24-19(27)14-6-4-5-7-15(14)22)20(28)25-23-10-12-8-13(21)9-16(29-3)18(12)26/h4-11,17,26H,1-3H3,(H,24,27)(H,25,28). The summed E-state index contributed by atoms with van der Waals surface area (Å²) in [5.74, 6) is -2.13. The Morgan fingerprint density at radius 3 is 2.59 bits per heavy atom. The summed E-state index contributed by atoms with van der Waals surface area (Å²) in [6, 6.07) is 7.74. The van der Waals surface area contributed by atoms with Crippen molar-refractivity contribution in [3.63, 3.8) is 0 Å². The Hall–Kier alpha value is -2.94. The van der Waals surface area contributed by atoms with Crippen LogP contribution in [-0.2, 0) is 4.79 Å². The van der Waals surface area contributed by atoms with Crippen molar-refractivity contribution in [2.75, 3.05) is 7.11 Å². The molecule has 1 unspecified atom stereocenters. The highest BCUT2D eigenvalue weighted by Gasteiger charge is 2.25. The number of carbonyl (C=O) groups is 2. The van der Waals surface area contributed by atoms with Crippen molar-refractivity contribution in [3.8, 4) is 11.5 Å². The van der Waals surface area contributed by atoms with Gasteiger partial charge < -0.3 is 15.2 Å². The molecule has 2 aromatic rings. The van der Waals surface area contributed by atoms with Crippen LogP contribution in [0.1, 0.15) is 29.8 Å². The number of phenols is 1. The van der Waals surface area contributed by atoms with Gasteiger partial charge in [-0.2, -0.15) is 5.10 Å². The van der Waals surface area contributed by atoms with E-state index in [0.29, 0.717) is 10.0 Å². The molecule has 0 fully saturated rings. The predicted molar refractivity (Wildman–Crippen MR) is 111 cm³/mol. The Morgan fingerprint density at radius 1 is 1.28 bits per heavy atom. The number of ether oxygens (including phenoxy) is 1. The minimum absolute atomic E-state index is 0.137. The molecule has 9 heteroatoms. The molecule has 7 nitrogen and oxygen atoms in total. The lowest BCUT2D eigenvalue weighted by Gasteiger charge is -2.20. The molecule has 0 heterocycles. The number of methoxy groups -OCH3 is 1. The average Bonchev–Trinajstić information content (AvgIpc) is 2.68. The number of hydrazone groups is 1. The summed E-state index contributed by atoms with van der Waals surface area (Å²) in [7, 11) is 1.41. The maximum atomic E-state index is 13.8. The van der Waals surface area contributed by atoms with Gasteiger partial charge in [0.05, 0.1) is 18.9 Å². The van der Waals surface area contributed by atoms with Gasteiger partial charge in [0.25, 0.3) is 11.8 Å². The fourth-order valence-corrected chi connectivity index (χ4v) is 2.94. The molecule has 29 heavy (non-hydrogen) atoms. The summed E-state index contributed by atoms with van der Waals surface area (Å²) in [6.07, 6.45) is 1.25. The van der Waals surface area contributed by atoms with Gasteiger partial charge in [0.1, 0.15) is 11.9 Å². The van der Waals surface area contributed by atoms with Crippen molar-refractivity contribution in [2.45, 2.75) is 19.9 Å². The van der Waals surface area contributed by atoms with E-state index in [4.69, 9.17) is 4.74 Å². The zero-order valence-electron chi connectivity index (χ0n) is 16.1. The molecule has 0 spiro atoms. The third kappa shape index (κ3) is 5.77. The molecule has 0 aliphatic rings. The van der Waals surface area contributed by atoms with Crippen molar-refractivity contribution >= 4 is 34.0 Å². The van der Waals surface area contributed by atoms with E-state index in [0.717, 1.165) is 0 Å². The molecule has 2 amide bonds. The molecule has 154 valence electrons. The summed E-state index contributed by atoms with van der Waals surface area (Å²) in [4.78, 5) is 24.8. The largest absolute Gasteiger partial charge is 0.504 e. The molecule has 0 saturated heterocycles. The third-order valence-electron chi connectivity index (χ3n) is 4.02. The zero-order chi connectivity index (χ0) is 21.6. The summed E-state index contributed by atoms with van der Waals surface area (Å²) in [6.45, 7) is 3.47. The number of benzene rings is 2. The van der Waals surface area contributed by atoms with Gasteiger partial charge in [0, 0.05) is 10.0 Å². The molecule has 0 saturated carbocycles. The summed E-state index contributed by atoms with van der Waals surface area (Å²) < 4.78 is 19.5. The van der Waals surface area contributed by atoms with Crippen LogP contribution in [0.2, 0.25) is 0 Å². The Labute approximate surface area is 176 Å². The third-order valence-corrected chi connectivity index (χ3v) is 4.48. The van der Waals surface area contributed by atoms with E-state index in [-0.39, 0.29) is 23.0 Å². The first-order valence-electron chi connectivity index (χ1n) is 8.69. The zero-order valence-corrected chi connectivity index (χ0v) is 17.7. The predicted octanol–water partition coefficient (Wildman–Crippen LogP) is 3.21. The SMILES string of the molecule is COc1cc(Br)cc(C=NNC(=O)C(NC(=O)c2ccccc2F)C(C)C)c1O. The van der Waals surface area contributed by atoms with Crippen molar-refractivity contribution in [2.24, 2.45) is 11.0 Å². The van der Waals surface area contributed by atoms with E-state index in [1.165, 1.54) is 37.6 Å². The first-order chi connectivity index (χ1) is 13.7. The number of hydrogen-bond acceptors (Lipinski definition) is 5. The van der Waals surface area contributed by atoms with Crippen molar-refractivity contribution in [3.05, 3.63) is 57.8 Å². The van der Waals surface area contributed by atoms with Crippen LogP contribution in [0.4, 0.5) is 4.39 Å². The molecule has 0 bridgehead atoms. The van der Waals surface area contributed by atoms with E-state index in [9.17, 15) is 19.1 Å². The second kappa shape index (κ2) is 10.0. The lowest BCUT2D eigenvalue weighted by atomic mass is 10.0. The quantitative estimate of drug-likeness (QED) is 0.431. The number of nitrogens with one attached hydrogen (secondary N) is 2. The highest BCUT2D eigenvalue weighted by atomic mass is 79.9. The molecule has 2 aromatic carbocycles. The lowest BCUT2D eigenvalue weighted by Crippen LogP contribution is -2.48. The van der Waals surface area contributed by atoms with E-state index in [1.54, 1.807) is 26.0 Å². The van der Waals surface area contributed by atoms with Crippen LogP contribution in [0.25, 0.3) is 0 Å². The molecule has 1 atom stereocenters. The highest BCUT2D eigenvalue weighted by molar-refractivity contribution is 9.10. The number of rotatable bonds is 7. The topological polar surface area (TPSA) is 100 Å². The number of amides is 2. The van der Waals surface area contributed by atoms with Crippen molar-refractivity contribution in [1.29, 1.82) is 0 Å². The maximum absolute atomic E-state index is 13.8. The number of carbonyl (C=O) groups excluding carboxylic acids is 2. The van der Waals surface area contributed by atoms with Crippen LogP contribution in [0.15, 0.2) is 46.0 Å². The van der Waals surface area contributed by atoms with Gasteiger partial charge in [0.15, 0.2) is 11.5 Å². The Kier molecular flexibility index (Phi) is 7.72. The second-order valence-corrected chi connectivity index (χ2v) is 7.37. The minimum atomic E-state index is -0.940. The summed E-state index contributed by atoms with van der Waals surface area (Å²) in [5, 5.41) is 16.5. The van der Waals surface area contributed by atoms with E-state index in [1.807, 2.05) is 0 Å². The van der Waals surface area contributed by atoms with Gasteiger partial charge in [-0.1, -0.05) is 41.9 Å². The van der Waals surface area contributed by atoms with Crippen LogP contribution in [0, 0.1) is 11.7 Å². The molecule has 0 aliphatic carbocycles. The normalized spacial score (nSPS) is 12.1. The van der Waals surface area contributed by atoms with Gasteiger partial charge in [-0.3, -0.25) is 9.59 Å². The van der Waals surface area contributed by atoms with Gasteiger partial charge in [-0.05, 0) is 30.2 Å². The lowest BCUT2D eigenvalue weighted by molar-refractivity contribution is -0.123. The number of phenolic OH excluding ortho intramolecular Hbond substituents is 1. The molecular formula is C20H21BrFN3O4. The molecular weight excluding hydrogens is 445 g/mol. The number of halogens is 2. The van der Waals surface area contributed by atoms with Crippen LogP contribution >= 0.6 is 15.9 Å². The molecule has 2 rings (SSSR count). The van der Waals surface area contributed by atoms with Crippen LogP contribution in [-0.4, -0.2) is 36.3 Å². The van der Waals surface area contributed by atoms with E-state index < -0.39 is 23.7 Å². The summed E-state index contributed by atoms with van der Waals surface area (Å²) >= 11 is 3.29. The fourth-order valence-electron chi connectivity index (χ4n) is 2.48. The molecule has 0 radical (unpaired) electrons. The van der Waals surface area contributed by atoms with Gasteiger partial charge in [-0.25, -0.2) is 9.82 Å². The van der Waals surface area contributed by atoms with Gasteiger partial charge in [-0.15, -0.1) is 0 Å². The first-order valence-corrected chi connectivity index (χ1v) is 9.48. The van der Waals surface area contributed by atoms with Gasteiger partial charge in [0.2, 0.25) is 0 Å². The Bertz CT molecular complexity index is 934. The van der Waals surface area contributed by atoms with E-state index in [2.05, 4.69) is 31.8 Å². The molecule has 0 aliphatic heterocycles. The monoisotopic (exact) mass is 465 g/mol. The van der Waals surface area contributed by atoms with Crippen molar-refractivity contribution < 1.29 is 23.8 Å². The Morgan fingerprint density at radius 2 is 1.97 bits per heavy atom. The smallest absolute Gasteiger partial charge is 0.262 e. The first kappa shape index (κ1) is 22.4. The number of aromatic hydroxyl groups is 1. The number of hydrogen-bond donors (Lipinski definition) is 3. The van der Waals surface area contributed by atoms with Crippen LogP contribution in [0.5, 0.6) is 11.5 Å². The average molecular weight is 466 g/mol. The van der Waals surface area contributed by atoms with Crippen molar-refractivity contribution in [1.82, 2.24) is 10.7 Å². The van der Waals surface area contributed by atoms with Gasteiger partial charge >= 0.3 is 0 Å². The fraction of sp³-hybridized carbons (Fsp3) is 0.250. The minimum Gasteiger partial charge on any atom is -0.504 e. The van der Waals surface area contributed by atoms with E-state index >= 15 is 0 Å². The highest BCUT2D eigenvalue weighted by Crippen LogP contribution is 2.32. The van der Waals surface area contributed by atoms with Crippen LogP contribution in [0.3, 0.4) is 0 Å². The van der Waals surface area contributed by atoms with Crippen LogP contribution < -0.4 is 15.5 Å². The molecule has 3 N–H and O–H groups in total. The second-order valence-electron chi connectivity index (χ2n) is 6.46. The number of nitrogens with zero attached hydrogens (tertiary/aromatic N) is 1. The Balaban J connectivity index is 2.11. The summed E-state index contributed by atoms with van der Waals surface area (Å²) in [5.41, 5.74) is 2.48. The maximum Gasteiger partial charge on any atom is 0.262 e.